The second kappa shape index (κ2) is 7.91. The molecule has 1 heterocycles. The van der Waals surface area contributed by atoms with E-state index in [1.54, 1.807) is 4.90 Å². The highest BCUT2D eigenvalue weighted by molar-refractivity contribution is 6.74. The molecule has 0 spiro atoms. The summed E-state index contributed by atoms with van der Waals surface area (Å²) in [6.07, 6.45) is 2.61. The van der Waals surface area contributed by atoms with E-state index in [1.807, 2.05) is 12.1 Å². The van der Waals surface area contributed by atoms with Crippen molar-refractivity contribution in [3.05, 3.63) is 29.8 Å². The normalized spacial score (nSPS) is 18.6. The molecule has 0 aliphatic carbocycles. The van der Waals surface area contributed by atoms with Gasteiger partial charge < -0.3 is 9.16 Å². The molecule has 1 atom stereocenters. The predicted molar refractivity (Wildman–Crippen MR) is 106 cm³/mol. The number of hydrogen-bond acceptors (Lipinski definition) is 3. The van der Waals surface area contributed by atoms with Gasteiger partial charge in [0.05, 0.1) is 6.54 Å². The maximum atomic E-state index is 12.2. The SMILES string of the molecule is CCCc1ccc(N2CC(CCO[Si](C)(C)C(C)(C)C)OC2=O)cc1. The molecule has 1 aromatic rings. The Bertz CT molecular complexity index is 578. The molecule has 1 fully saturated rings. The summed E-state index contributed by atoms with van der Waals surface area (Å²) in [7, 11) is -1.74. The number of rotatable bonds is 7. The number of carbonyl (C=O) groups excluding carboxylic acids is 1. The van der Waals surface area contributed by atoms with Crippen molar-refractivity contribution < 1.29 is 14.0 Å². The highest BCUT2D eigenvalue weighted by Gasteiger charge is 2.38. The average molecular weight is 364 g/mol. The summed E-state index contributed by atoms with van der Waals surface area (Å²) >= 11 is 0. The fourth-order valence-electron chi connectivity index (χ4n) is 2.68. The Morgan fingerprint density at radius 1 is 1.24 bits per heavy atom. The summed E-state index contributed by atoms with van der Waals surface area (Å²) in [6.45, 7) is 14.6. The minimum absolute atomic E-state index is 0.0902. The van der Waals surface area contributed by atoms with Crippen LogP contribution in [0, 0.1) is 0 Å². The molecule has 5 heteroatoms. The quantitative estimate of drug-likeness (QED) is 0.611. The Balaban J connectivity index is 1.88. The van der Waals surface area contributed by atoms with Gasteiger partial charge in [-0.15, -0.1) is 0 Å². The number of benzene rings is 1. The van der Waals surface area contributed by atoms with Gasteiger partial charge in [-0.25, -0.2) is 4.79 Å². The molecular weight excluding hydrogens is 330 g/mol. The molecule has 1 amide bonds. The lowest BCUT2D eigenvalue weighted by molar-refractivity contribution is 0.123. The third-order valence-electron chi connectivity index (χ3n) is 5.37. The molecule has 1 aromatic carbocycles. The van der Waals surface area contributed by atoms with Crippen molar-refractivity contribution in [3.8, 4) is 0 Å². The summed E-state index contributed by atoms with van der Waals surface area (Å²) in [6, 6.07) is 8.22. The van der Waals surface area contributed by atoms with Crippen LogP contribution in [0.3, 0.4) is 0 Å². The van der Waals surface area contributed by atoms with Gasteiger partial charge in [0.2, 0.25) is 0 Å². The largest absolute Gasteiger partial charge is 0.444 e. The van der Waals surface area contributed by atoms with E-state index >= 15 is 0 Å². The van der Waals surface area contributed by atoms with Crippen LogP contribution in [-0.4, -0.2) is 33.7 Å². The zero-order valence-electron chi connectivity index (χ0n) is 16.6. The number of cyclic esters (lactones) is 1. The van der Waals surface area contributed by atoms with Crippen LogP contribution in [0.25, 0.3) is 0 Å². The van der Waals surface area contributed by atoms with Crippen molar-refractivity contribution >= 4 is 20.1 Å². The number of anilines is 1. The van der Waals surface area contributed by atoms with Crippen LogP contribution in [0.15, 0.2) is 24.3 Å². The summed E-state index contributed by atoms with van der Waals surface area (Å²) < 4.78 is 11.7. The van der Waals surface area contributed by atoms with Gasteiger partial charge >= 0.3 is 6.09 Å². The minimum atomic E-state index is -1.74. The lowest BCUT2D eigenvalue weighted by atomic mass is 10.1. The number of amides is 1. The van der Waals surface area contributed by atoms with Crippen molar-refractivity contribution in [2.75, 3.05) is 18.1 Å². The fourth-order valence-corrected chi connectivity index (χ4v) is 3.74. The third kappa shape index (κ3) is 5.08. The second-order valence-electron chi connectivity index (χ2n) is 8.43. The van der Waals surface area contributed by atoms with Crippen LogP contribution in [0.2, 0.25) is 18.1 Å². The molecule has 0 bridgehead atoms. The van der Waals surface area contributed by atoms with E-state index in [-0.39, 0.29) is 17.2 Å². The average Bonchev–Trinajstić information content (AvgIpc) is 2.88. The molecule has 1 aliphatic rings. The highest BCUT2D eigenvalue weighted by atomic mass is 28.4. The fraction of sp³-hybridized carbons (Fsp3) is 0.650. The van der Waals surface area contributed by atoms with Crippen LogP contribution < -0.4 is 4.90 Å². The third-order valence-corrected chi connectivity index (χ3v) is 9.91. The zero-order chi connectivity index (χ0) is 18.7. The number of carbonyl (C=O) groups is 1. The lowest BCUT2D eigenvalue weighted by Crippen LogP contribution is -2.41. The first-order valence-corrected chi connectivity index (χ1v) is 12.3. The van der Waals surface area contributed by atoms with E-state index in [0.29, 0.717) is 13.2 Å². The first kappa shape index (κ1) is 20.0. The first-order valence-electron chi connectivity index (χ1n) is 9.35. The Hall–Kier alpha value is -1.33. The molecule has 0 saturated carbocycles. The van der Waals surface area contributed by atoms with Gasteiger partial charge in [-0.05, 0) is 42.2 Å². The summed E-state index contributed by atoms with van der Waals surface area (Å²) in [5.74, 6) is 0. The number of ether oxygens (including phenoxy) is 1. The molecular formula is C20H33NO3Si. The molecule has 2 rings (SSSR count). The first-order chi connectivity index (χ1) is 11.6. The van der Waals surface area contributed by atoms with Gasteiger partial charge in [-0.2, -0.15) is 0 Å². The van der Waals surface area contributed by atoms with Crippen LogP contribution >= 0.6 is 0 Å². The molecule has 0 aromatic heterocycles. The van der Waals surface area contributed by atoms with Gasteiger partial charge in [0.15, 0.2) is 8.32 Å². The lowest BCUT2D eigenvalue weighted by Gasteiger charge is -2.36. The molecule has 1 unspecified atom stereocenters. The number of nitrogens with zero attached hydrogens (tertiary/aromatic N) is 1. The standard InChI is InChI=1S/C20H33NO3Si/c1-7-8-16-9-11-17(12-10-16)21-15-18(24-19(21)22)13-14-23-25(5,6)20(2,3)4/h9-12,18H,7-8,13-15H2,1-6H3. The van der Waals surface area contributed by atoms with Crippen molar-refractivity contribution in [3.63, 3.8) is 0 Å². The van der Waals surface area contributed by atoms with Crippen molar-refractivity contribution in [1.82, 2.24) is 0 Å². The maximum Gasteiger partial charge on any atom is 0.414 e. The zero-order valence-corrected chi connectivity index (χ0v) is 17.6. The van der Waals surface area contributed by atoms with E-state index < -0.39 is 8.32 Å². The molecule has 1 saturated heterocycles. The Morgan fingerprint density at radius 3 is 2.44 bits per heavy atom. The van der Waals surface area contributed by atoms with Crippen molar-refractivity contribution in [1.29, 1.82) is 0 Å². The van der Waals surface area contributed by atoms with Gasteiger partial charge in [0.25, 0.3) is 0 Å². The van der Waals surface area contributed by atoms with Crippen LogP contribution in [0.4, 0.5) is 10.5 Å². The predicted octanol–water partition coefficient (Wildman–Crippen LogP) is 5.38. The van der Waals surface area contributed by atoms with Crippen LogP contribution in [-0.2, 0) is 15.6 Å². The summed E-state index contributed by atoms with van der Waals surface area (Å²) in [5.41, 5.74) is 2.22. The van der Waals surface area contributed by atoms with E-state index in [0.717, 1.165) is 24.9 Å². The molecule has 1 aliphatic heterocycles. The maximum absolute atomic E-state index is 12.2. The van der Waals surface area contributed by atoms with E-state index in [1.165, 1.54) is 5.56 Å². The molecule has 0 radical (unpaired) electrons. The minimum Gasteiger partial charge on any atom is -0.444 e. The monoisotopic (exact) mass is 363 g/mol. The van der Waals surface area contributed by atoms with Gasteiger partial charge in [0, 0.05) is 18.7 Å². The number of hydrogen-bond donors (Lipinski definition) is 0. The number of aryl methyl sites for hydroxylation is 1. The molecule has 140 valence electrons. The van der Waals surface area contributed by atoms with Gasteiger partial charge in [0.1, 0.15) is 6.10 Å². The van der Waals surface area contributed by atoms with Gasteiger partial charge in [-0.3, -0.25) is 4.90 Å². The Labute approximate surface area is 153 Å². The Morgan fingerprint density at radius 2 is 1.88 bits per heavy atom. The van der Waals surface area contributed by atoms with Crippen LogP contribution in [0.1, 0.15) is 46.1 Å². The summed E-state index contributed by atoms with van der Waals surface area (Å²) in [4.78, 5) is 13.9. The van der Waals surface area contributed by atoms with E-state index in [4.69, 9.17) is 9.16 Å². The van der Waals surface area contributed by atoms with Gasteiger partial charge in [-0.1, -0.05) is 46.2 Å². The smallest absolute Gasteiger partial charge is 0.414 e. The van der Waals surface area contributed by atoms with Crippen molar-refractivity contribution in [2.24, 2.45) is 0 Å². The highest BCUT2D eigenvalue weighted by Crippen LogP contribution is 2.36. The van der Waals surface area contributed by atoms with E-state index in [9.17, 15) is 4.79 Å². The summed E-state index contributed by atoms with van der Waals surface area (Å²) in [5, 5.41) is 0.200. The molecule has 25 heavy (non-hydrogen) atoms. The van der Waals surface area contributed by atoms with Crippen molar-refractivity contribution in [2.45, 2.75) is 71.2 Å². The molecule has 4 nitrogen and oxygen atoms in total. The topological polar surface area (TPSA) is 38.8 Å². The van der Waals surface area contributed by atoms with E-state index in [2.05, 4.69) is 52.9 Å². The van der Waals surface area contributed by atoms with Crippen LogP contribution in [0.5, 0.6) is 0 Å². The molecule has 0 N–H and O–H groups in total. The Kier molecular flexibility index (Phi) is 6.33. The second-order valence-corrected chi connectivity index (χ2v) is 13.2.